The number of aliphatic hydroxyl groups excluding tert-OH is 1. The lowest BCUT2D eigenvalue weighted by Crippen LogP contribution is -2.28. The van der Waals surface area contributed by atoms with Crippen molar-refractivity contribution >= 4 is 11.9 Å². The zero-order valence-electron chi connectivity index (χ0n) is 53.1. The minimum Gasteiger partial charge on any atom is -0.462 e. The van der Waals surface area contributed by atoms with E-state index in [9.17, 15) is 14.7 Å². The summed E-state index contributed by atoms with van der Waals surface area (Å²) in [7, 11) is 0. The quantitative estimate of drug-likeness (QED) is 0.0373. The van der Waals surface area contributed by atoms with Gasteiger partial charge in [0.25, 0.3) is 0 Å². The van der Waals surface area contributed by atoms with Gasteiger partial charge in [0.15, 0.2) is 6.10 Å². The third kappa shape index (κ3) is 67.3. The fourth-order valence-electron chi connectivity index (χ4n) is 10.2. The van der Waals surface area contributed by atoms with Gasteiger partial charge in [-0.1, -0.05) is 355 Å². The average Bonchev–Trinajstić information content (AvgIpc) is 3.46. The van der Waals surface area contributed by atoms with Crippen LogP contribution in [-0.4, -0.2) is 36.4 Å². The van der Waals surface area contributed by atoms with Crippen LogP contribution in [-0.2, 0) is 19.1 Å². The van der Waals surface area contributed by atoms with Crippen molar-refractivity contribution in [3.05, 3.63) is 97.2 Å². The summed E-state index contributed by atoms with van der Waals surface area (Å²) in [5.74, 6) is -0.612. The van der Waals surface area contributed by atoms with Crippen LogP contribution in [0.15, 0.2) is 97.2 Å². The van der Waals surface area contributed by atoms with E-state index in [4.69, 9.17) is 9.47 Å². The van der Waals surface area contributed by atoms with Crippen molar-refractivity contribution in [3.8, 4) is 0 Å². The van der Waals surface area contributed by atoms with Gasteiger partial charge in [-0.3, -0.25) is 9.59 Å². The van der Waals surface area contributed by atoms with E-state index in [0.717, 1.165) is 103 Å². The molecule has 1 unspecified atom stereocenters. The Hall–Kier alpha value is -3.18. The first kappa shape index (κ1) is 76.8. The van der Waals surface area contributed by atoms with Gasteiger partial charge >= 0.3 is 11.9 Å². The second-order valence-corrected chi connectivity index (χ2v) is 23.2. The minimum atomic E-state index is -0.793. The lowest BCUT2D eigenvalue weighted by Gasteiger charge is -2.15. The van der Waals surface area contributed by atoms with Gasteiger partial charge in [-0.05, 0) is 77.0 Å². The van der Waals surface area contributed by atoms with Gasteiger partial charge in [0, 0.05) is 12.8 Å². The predicted molar refractivity (Wildman–Crippen MR) is 352 cm³/mol. The molecule has 0 heterocycles. The number of esters is 2. The second kappa shape index (κ2) is 70.1. The van der Waals surface area contributed by atoms with Gasteiger partial charge in [-0.2, -0.15) is 0 Å². The Morgan fingerprint density at radius 1 is 0.300 bits per heavy atom. The summed E-state index contributed by atoms with van der Waals surface area (Å²) in [5, 5.41) is 9.69. The molecule has 1 N–H and O–H groups in total. The standard InChI is InChI=1S/C75H132O5/c1-3-5-7-9-11-13-15-17-19-21-23-25-27-29-31-33-34-35-36-37-38-39-40-42-43-45-47-49-51-53-55-57-59-61-63-65-67-69-74(77)79-72-73(71-76)80-75(78)70-68-66-64-62-60-58-56-54-52-50-48-46-44-41-32-30-28-26-24-22-20-18-16-14-12-10-8-6-4-2/h6,8,12,14,18,20,24,26,30,32,44,46,50,52,56,58,73,76H,3-5,7,9-11,13,15-17,19,21-23,25,27-29,31,33-43,45,47-49,51,53-55,57,59-72H2,1-2H3/b8-6-,14-12-,20-18-,26-24-,32-30-,46-44-,52-50-,58-56-. The maximum absolute atomic E-state index is 12.3. The molecule has 0 aromatic rings. The number of ether oxygens (including phenoxy) is 2. The first-order valence-corrected chi connectivity index (χ1v) is 34.8. The van der Waals surface area contributed by atoms with Crippen molar-refractivity contribution in [1.29, 1.82) is 0 Å². The first-order valence-electron chi connectivity index (χ1n) is 34.8. The second-order valence-electron chi connectivity index (χ2n) is 23.2. The monoisotopic (exact) mass is 1110 g/mol. The maximum atomic E-state index is 12.3. The number of aliphatic hydroxyl groups is 1. The Morgan fingerprint density at radius 3 is 0.812 bits per heavy atom. The van der Waals surface area contributed by atoms with Crippen molar-refractivity contribution in [3.63, 3.8) is 0 Å². The highest BCUT2D eigenvalue weighted by Gasteiger charge is 2.16. The highest BCUT2D eigenvalue weighted by atomic mass is 16.6. The van der Waals surface area contributed by atoms with Crippen LogP contribution in [0.2, 0.25) is 0 Å². The topological polar surface area (TPSA) is 72.8 Å². The summed E-state index contributed by atoms with van der Waals surface area (Å²) >= 11 is 0. The molecule has 0 saturated heterocycles. The lowest BCUT2D eigenvalue weighted by molar-refractivity contribution is -0.161. The number of carbonyl (C=O) groups is 2. The molecule has 0 aromatic carbocycles. The molecule has 0 fully saturated rings. The van der Waals surface area contributed by atoms with Crippen LogP contribution in [0.4, 0.5) is 0 Å². The molecule has 0 radical (unpaired) electrons. The zero-order chi connectivity index (χ0) is 57.6. The largest absolute Gasteiger partial charge is 0.462 e. The summed E-state index contributed by atoms with van der Waals surface area (Å²) in [6, 6.07) is 0. The average molecular weight is 1110 g/mol. The smallest absolute Gasteiger partial charge is 0.306 e. The molecule has 0 aliphatic carbocycles. The third-order valence-electron chi connectivity index (χ3n) is 15.4. The minimum absolute atomic E-state index is 0.0786. The lowest BCUT2D eigenvalue weighted by atomic mass is 10.0. The number of unbranched alkanes of at least 4 members (excludes halogenated alkanes) is 40. The highest BCUT2D eigenvalue weighted by Crippen LogP contribution is 2.18. The van der Waals surface area contributed by atoms with E-state index in [0.29, 0.717) is 12.8 Å². The highest BCUT2D eigenvalue weighted by molar-refractivity contribution is 5.70. The molecule has 80 heavy (non-hydrogen) atoms. The Morgan fingerprint density at radius 2 is 0.537 bits per heavy atom. The molecule has 0 bridgehead atoms. The Kier molecular flexibility index (Phi) is 67.3. The van der Waals surface area contributed by atoms with E-state index in [1.54, 1.807) is 0 Å². The molecule has 5 nitrogen and oxygen atoms in total. The molecule has 0 aromatic heterocycles. The molecule has 1 atom stereocenters. The van der Waals surface area contributed by atoms with Crippen LogP contribution in [0.3, 0.4) is 0 Å². The van der Waals surface area contributed by atoms with Gasteiger partial charge < -0.3 is 14.6 Å². The van der Waals surface area contributed by atoms with Gasteiger partial charge in [0.2, 0.25) is 0 Å². The van der Waals surface area contributed by atoms with Crippen LogP contribution in [0.1, 0.15) is 348 Å². The number of hydrogen-bond donors (Lipinski definition) is 1. The molecular formula is C75H132O5. The summed E-state index contributed by atoms with van der Waals surface area (Å²) in [6.07, 6.45) is 100. The van der Waals surface area contributed by atoms with E-state index in [-0.39, 0.29) is 25.2 Å². The molecule has 0 spiro atoms. The SMILES string of the molecule is CC/C=C\C/C=C\C/C=C\C/C=C\C/C=C\C/C=C\C/C=C\C/C=C\CCCCCCC(=O)OC(CO)COC(=O)CCCCCCCCCCCCCCCCCCCCCCCCCCCCCCCCCCCCCCC. The summed E-state index contributed by atoms with van der Waals surface area (Å²) in [5.41, 5.74) is 0. The maximum Gasteiger partial charge on any atom is 0.306 e. The van der Waals surface area contributed by atoms with Crippen molar-refractivity contribution < 1.29 is 24.2 Å². The van der Waals surface area contributed by atoms with E-state index >= 15 is 0 Å². The predicted octanol–water partition coefficient (Wildman–Crippen LogP) is 24.2. The van der Waals surface area contributed by atoms with Crippen LogP contribution >= 0.6 is 0 Å². The molecule has 462 valence electrons. The summed E-state index contributed by atoms with van der Waals surface area (Å²) in [4.78, 5) is 24.6. The van der Waals surface area contributed by atoms with Crippen LogP contribution in [0.25, 0.3) is 0 Å². The molecule has 0 aliphatic heterocycles. The van der Waals surface area contributed by atoms with Crippen molar-refractivity contribution in [2.45, 2.75) is 354 Å². The molecule has 0 aliphatic rings. The first-order chi connectivity index (χ1) is 39.6. The molecule has 0 rings (SSSR count). The molecule has 5 heteroatoms. The van der Waals surface area contributed by atoms with Gasteiger partial charge in [-0.25, -0.2) is 0 Å². The van der Waals surface area contributed by atoms with Crippen molar-refractivity contribution in [1.82, 2.24) is 0 Å². The normalized spacial score (nSPS) is 12.8. The molecular weight excluding hydrogens is 981 g/mol. The van der Waals surface area contributed by atoms with Gasteiger partial charge in [0.05, 0.1) is 6.61 Å². The number of allylic oxidation sites excluding steroid dienone is 16. The number of carbonyl (C=O) groups excluding carboxylic acids is 2. The van der Waals surface area contributed by atoms with Gasteiger partial charge in [-0.15, -0.1) is 0 Å². The molecule has 0 saturated carbocycles. The Bertz CT molecular complexity index is 1500. The van der Waals surface area contributed by atoms with Crippen molar-refractivity contribution in [2.24, 2.45) is 0 Å². The van der Waals surface area contributed by atoms with E-state index < -0.39 is 6.10 Å². The fraction of sp³-hybridized carbons (Fsp3) is 0.760. The number of hydrogen-bond acceptors (Lipinski definition) is 5. The summed E-state index contributed by atoms with van der Waals surface area (Å²) in [6.45, 7) is 4.04. The zero-order valence-corrected chi connectivity index (χ0v) is 53.1. The van der Waals surface area contributed by atoms with Crippen molar-refractivity contribution in [2.75, 3.05) is 13.2 Å². The fourth-order valence-corrected chi connectivity index (χ4v) is 10.2. The van der Waals surface area contributed by atoms with E-state index in [1.165, 1.54) is 218 Å². The van der Waals surface area contributed by atoms with Crippen LogP contribution in [0.5, 0.6) is 0 Å². The van der Waals surface area contributed by atoms with Gasteiger partial charge in [0.1, 0.15) is 6.61 Å². The van der Waals surface area contributed by atoms with Crippen LogP contribution < -0.4 is 0 Å². The molecule has 0 amide bonds. The Labute approximate surface area is 498 Å². The Balaban J connectivity index is 3.47. The van der Waals surface area contributed by atoms with E-state index in [1.807, 2.05) is 0 Å². The third-order valence-corrected chi connectivity index (χ3v) is 15.4. The van der Waals surface area contributed by atoms with E-state index in [2.05, 4.69) is 111 Å². The van der Waals surface area contributed by atoms with Crippen LogP contribution in [0, 0.1) is 0 Å². The summed E-state index contributed by atoms with van der Waals surface area (Å²) < 4.78 is 10.7. The number of rotatable bonds is 64.